The standard InChI is InChI=1S/C51H97O8P/c1-4-7-9-11-13-15-17-19-21-23-24-25-26-27-28-30-32-34-36-38-40-42-44-46-51(53)59-49(48-58-60(54,55)57-6-3)47-56-50(52)45-43-41-39-37-35-33-31-29-22-20-18-16-14-12-10-8-5-2/h17,19,23-24,49H,4-16,18,20-22,25-48H2,1-3H3,(H,54,55)/b19-17-,24-23-. The number of esters is 2. The second-order valence-electron chi connectivity index (χ2n) is 17.2. The van der Waals surface area contributed by atoms with Crippen molar-refractivity contribution in [3.63, 3.8) is 0 Å². The van der Waals surface area contributed by atoms with Gasteiger partial charge in [-0.05, 0) is 51.9 Å². The van der Waals surface area contributed by atoms with Crippen LogP contribution in [0.25, 0.3) is 0 Å². The highest BCUT2D eigenvalue weighted by atomic mass is 31.2. The van der Waals surface area contributed by atoms with Crippen LogP contribution in [0.3, 0.4) is 0 Å². The van der Waals surface area contributed by atoms with Gasteiger partial charge in [0.25, 0.3) is 0 Å². The van der Waals surface area contributed by atoms with Crippen LogP contribution in [0.15, 0.2) is 24.3 Å². The highest BCUT2D eigenvalue weighted by molar-refractivity contribution is 7.47. The molecule has 0 radical (unpaired) electrons. The van der Waals surface area contributed by atoms with E-state index < -0.39 is 19.9 Å². The molecule has 0 saturated carbocycles. The summed E-state index contributed by atoms with van der Waals surface area (Å²) < 4.78 is 32.8. The minimum absolute atomic E-state index is 0.00255. The van der Waals surface area contributed by atoms with Gasteiger partial charge in [0.1, 0.15) is 6.61 Å². The molecule has 8 nitrogen and oxygen atoms in total. The van der Waals surface area contributed by atoms with Crippen LogP contribution in [0, 0.1) is 0 Å². The van der Waals surface area contributed by atoms with E-state index in [-0.39, 0.29) is 32.2 Å². The maximum Gasteiger partial charge on any atom is 0.472 e. The molecule has 0 aliphatic rings. The Balaban J connectivity index is 3.95. The lowest BCUT2D eigenvalue weighted by Crippen LogP contribution is -2.29. The van der Waals surface area contributed by atoms with Gasteiger partial charge in [-0.2, -0.15) is 0 Å². The van der Waals surface area contributed by atoms with Crippen molar-refractivity contribution in [2.24, 2.45) is 0 Å². The molecular formula is C51H97O8P. The SMILES string of the molecule is CCCCCCC/C=C\C/C=C\CCCCCCCCCCCCCC(=O)OC(COC(=O)CCCCCCCCCCCCCCCCCCC)COP(=O)(O)OCC. The molecule has 0 amide bonds. The van der Waals surface area contributed by atoms with Gasteiger partial charge in [0.05, 0.1) is 13.2 Å². The van der Waals surface area contributed by atoms with Gasteiger partial charge in [0, 0.05) is 12.8 Å². The molecule has 2 unspecified atom stereocenters. The topological polar surface area (TPSA) is 108 Å². The third-order valence-electron chi connectivity index (χ3n) is 11.3. The molecule has 60 heavy (non-hydrogen) atoms. The van der Waals surface area contributed by atoms with Gasteiger partial charge < -0.3 is 14.4 Å². The Kier molecular flexibility index (Phi) is 45.9. The lowest BCUT2D eigenvalue weighted by Gasteiger charge is -2.19. The summed E-state index contributed by atoms with van der Waals surface area (Å²) >= 11 is 0. The maximum atomic E-state index is 12.6. The van der Waals surface area contributed by atoms with Crippen LogP contribution in [0.2, 0.25) is 0 Å². The highest BCUT2D eigenvalue weighted by Gasteiger charge is 2.25. The van der Waals surface area contributed by atoms with Crippen molar-refractivity contribution >= 4 is 19.8 Å². The monoisotopic (exact) mass is 869 g/mol. The number of allylic oxidation sites excluding steroid dienone is 4. The van der Waals surface area contributed by atoms with E-state index in [0.717, 1.165) is 38.5 Å². The van der Waals surface area contributed by atoms with Gasteiger partial charge in [-0.25, -0.2) is 4.57 Å². The predicted octanol–water partition coefficient (Wildman–Crippen LogP) is 16.6. The zero-order valence-corrected chi connectivity index (χ0v) is 40.5. The lowest BCUT2D eigenvalue weighted by atomic mass is 10.0. The van der Waals surface area contributed by atoms with Crippen LogP contribution in [-0.2, 0) is 32.7 Å². The number of unbranched alkanes of at least 4 members (excludes halogenated alkanes) is 32. The number of phosphoric acid groups is 1. The number of phosphoric ester groups is 1. The smallest absolute Gasteiger partial charge is 0.462 e. The van der Waals surface area contributed by atoms with E-state index in [2.05, 4.69) is 38.2 Å². The second kappa shape index (κ2) is 47.0. The molecule has 9 heteroatoms. The minimum Gasteiger partial charge on any atom is -0.462 e. The fraction of sp³-hybridized carbons (Fsp3) is 0.882. The Morgan fingerprint density at radius 2 is 0.800 bits per heavy atom. The van der Waals surface area contributed by atoms with E-state index in [1.165, 1.54) is 186 Å². The fourth-order valence-corrected chi connectivity index (χ4v) is 8.24. The molecule has 354 valence electrons. The predicted molar refractivity (Wildman–Crippen MR) is 253 cm³/mol. The molecule has 0 aromatic rings. The van der Waals surface area contributed by atoms with Gasteiger partial charge in [-0.3, -0.25) is 18.6 Å². The summed E-state index contributed by atoms with van der Waals surface area (Å²) in [6, 6.07) is 0. The Labute approximate surface area is 371 Å². The Bertz CT molecular complexity index is 1030. The van der Waals surface area contributed by atoms with Crippen LogP contribution in [0.1, 0.15) is 265 Å². The Morgan fingerprint density at radius 1 is 0.450 bits per heavy atom. The summed E-state index contributed by atoms with van der Waals surface area (Å²) in [7, 11) is -4.28. The van der Waals surface area contributed by atoms with E-state index in [1.807, 2.05) is 0 Å². The molecule has 0 spiro atoms. The third-order valence-corrected chi connectivity index (χ3v) is 12.3. The first-order chi connectivity index (χ1) is 29.3. The quantitative estimate of drug-likeness (QED) is 0.0279. The van der Waals surface area contributed by atoms with Crippen LogP contribution >= 0.6 is 7.82 Å². The largest absolute Gasteiger partial charge is 0.472 e. The lowest BCUT2D eigenvalue weighted by molar-refractivity contribution is -0.161. The molecule has 0 rings (SSSR count). The highest BCUT2D eigenvalue weighted by Crippen LogP contribution is 2.43. The number of carbonyl (C=O) groups excluding carboxylic acids is 2. The molecule has 0 aliphatic heterocycles. The molecule has 0 saturated heterocycles. The molecule has 0 aliphatic carbocycles. The Hall–Kier alpha value is -1.47. The number of hydrogen-bond acceptors (Lipinski definition) is 7. The van der Waals surface area contributed by atoms with Crippen LogP contribution in [0.4, 0.5) is 0 Å². The van der Waals surface area contributed by atoms with Crippen molar-refractivity contribution in [1.82, 2.24) is 0 Å². The maximum absolute atomic E-state index is 12.6. The molecule has 0 aromatic carbocycles. The van der Waals surface area contributed by atoms with Gasteiger partial charge in [-0.15, -0.1) is 0 Å². The van der Waals surface area contributed by atoms with E-state index in [9.17, 15) is 19.0 Å². The van der Waals surface area contributed by atoms with E-state index in [4.69, 9.17) is 18.5 Å². The Morgan fingerprint density at radius 3 is 1.18 bits per heavy atom. The minimum atomic E-state index is -4.28. The van der Waals surface area contributed by atoms with E-state index in [0.29, 0.717) is 12.8 Å². The van der Waals surface area contributed by atoms with Crippen molar-refractivity contribution in [3.05, 3.63) is 24.3 Å². The van der Waals surface area contributed by atoms with Crippen molar-refractivity contribution in [2.75, 3.05) is 19.8 Å². The molecule has 0 bridgehead atoms. The summed E-state index contributed by atoms with van der Waals surface area (Å²) in [5, 5.41) is 0. The first kappa shape index (κ1) is 58.5. The van der Waals surface area contributed by atoms with Gasteiger partial charge in [0.15, 0.2) is 6.10 Å². The first-order valence-corrected chi connectivity index (χ1v) is 27.1. The normalized spacial score (nSPS) is 13.3. The summed E-state index contributed by atoms with van der Waals surface area (Å²) in [6.07, 6.45) is 53.8. The average Bonchev–Trinajstić information content (AvgIpc) is 3.23. The number of rotatable bonds is 48. The van der Waals surface area contributed by atoms with Crippen molar-refractivity contribution in [2.45, 2.75) is 271 Å². The second-order valence-corrected chi connectivity index (χ2v) is 18.6. The van der Waals surface area contributed by atoms with Crippen molar-refractivity contribution in [1.29, 1.82) is 0 Å². The third kappa shape index (κ3) is 46.0. The van der Waals surface area contributed by atoms with Crippen molar-refractivity contribution < 1.29 is 37.6 Å². The number of ether oxygens (including phenoxy) is 2. The molecule has 0 heterocycles. The van der Waals surface area contributed by atoms with Crippen LogP contribution < -0.4 is 0 Å². The van der Waals surface area contributed by atoms with E-state index >= 15 is 0 Å². The fourth-order valence-electron chi connectivity index (χ4n) is 7.49. The molecule has 1 N–H and O–H groups in total. The van der Waals surface area contributed by atoms with E-state index in [1.54, 1.807) is 6.92 Å². The zero-order valence-electron chi connectivity index (χ0n) is 39.6. The zero-order chi connectivity index (χ0) is 43.9. The molecule has 0 aromatic heterocycles. The molecule has 0 fully saturated rings. The van der Waals surface area contributed by atoms with Crippen molar-refractivity contribution in [3.8, 4) is 0 Å². The summed E-state index contributed by atoms with van der Waals surface area (Å²) in [5.41, 5.74) is 0. The molecular weight excluding hydrogens is 772 g/mol. The summed E-state index contributed by atoms with van der Waals surface area (Å²) in [5.74, 6) is -0.785. The number of carbonyl (C=O) groups is 2. The molecule has 2 atom stereocenters. The number of hydrogen-bond donors (Lipinski definition) is 1. The average molecular weight is 869 g/mol. The summed E-state index contributed by atoms with van der Waals surface area (Å²) in [4.78, 5) is 34.9. The van der Waals surface area contributed by atoms with Gasteiger partial charge in [-0.1, -0.05) is 224 Å². The van der Waals surface area contributed by atoms with Gasteiger partial charge in [0.2, 0.25) is 0 Å². The van der Waals surface area contributed by atoms with Crippen LogP contribution in [-0.4, -0.2) is 42.8 Å². The van der Waals surface area contributed by atoms with Gasteiger partial charge >= 0.3 is 19.8 Å². The van der Waals surface area contributed by atoms with Crippen LogP contribution in [0.5, 0.6) is 0 Å². The summed E-state index contributed by atoms with van der Waals surface area (Å²) in [6.45, 7) is 5.52. The first-order valence-electron chi connectivity index (χ1n) is 25.6.